The van der Waals surface area contributed by atoms with Crippen molar-refractivity contribution in [1.29, 1.82) is 0 Å². The van der Waals surface area contributed by atoms with Gasteiger partial charge in [-0.1, -0.05) is 25.3 Å². The summed E-state index contributed by atoms with van der Waals surface area (Å²) >= 11 is 0. The summed E-state index contributed by atoms with van der Waals surface area (Å²) in [5.74, 6) is 12.9. The number of hydrazine groups is 1. The first kappa shape index (κ1) is 30.9. The van der Waals surface area contributed by atoms with Gasteiger partial charge in [0.25, 0.3) is 0 Å². The SMILES string of the molecule is C=CN(N)c1ccc(Nc2ncc(C#CCCCNC(=O)CN(C)C(=O)OC(C)(C)C)c(NCCC)n2)cc1. The Labute approximate surface area is 231 Å². The second-order valence-electron chi connectivity index (χ2n) is 9.74. The number of carbonyl (C=O) groups is 2. The number of hydrogen-bond donors (Lipinski definition) is 4. The van der Waals surface area contributed by atoms with Gasteiger partial charge in [0.2, 0.25) is 11.9 Å². The van der Waals surface area contributed by atoms with Crippen molar-refractivity contribution >= 4 is 35.1 Å². The maximum absolute atomic E-state index is 12.1. The van der Waals surface area contributed by atoms with Gasteiger partial charge in [0, 0.05) is 38.4 Å². The lowest BCUT2D eigenvalue weighted by atomic mass is 10.2. The van der Waals surface area contributed by atoms with Crippen LogP contribution in [0.1, 0.15) is 52.5 Å². The van der Waals surface area contributed by atoms with Crippen molar-refractivity contribution in [2.75, 3.05) is 42.3 Å². The zero-order valence-corrected chi connectivity index (χ0v) is 23.5. The Bertz CT molecular complexity index is 1170. The van der Waals surface area contributed by atoms with Gasteiger partial charge in [-0.2, -0.15) is 4.98 Å². The first-order valence-corrected chi connectivity index (χ1v) is 12.9. The average molecular weight is 537 g/mol. The summed E-state index contributed by atoms with van der Waals surface area (Å²) in [6.07, 6.45) is 4.84. The lowest BCUT2D eigenvalue weighted by Crippen LogP contribution is -2.41. The summed E-state index contributed by atoms with van der Waals surface area (Å²) < 4.78 is 5.25. The van der Waals surface area contributed by atoms with E-state index in [9.17, 15) is 9.59 Å². The van der Waals surface area contributed by atoms with Crippen LogP contribution in [0.4, 0.5) is 27.9 Å². The monoisotopic (exact) mass is 536 g/mol. The number of amides is 2. The fourth-order valence-corrected chi connectivity index (χ4v) is 3.10. The van der Waals surface area contributed by atoms with Crippen LogP contribution >= 0.6 is 0 Å². The number of ether oxygens (including phenoxy) is 1. The van der Waals surface area contributed by atoms with E-state index in [4.69, 9.17) is 10.6 Å². The predicted octanol–water partition coefficient (Wildman–Crippen LogP) is 3.98. The molecule has 0 saturated heterocycles. The number of hydrogen-bond acceptors (Lipinski definition) is 9. The third kappa shape index (κ3) is 11.3. The standard InChI is InChI=1S/C28H40N8O3/c1-7-17-31-25-21(19-32-26(34-25)33-22-13-15-23(16-14-22)36(29)8-2)12-10-9-11-18-30-24(37)20-35(6)27(38)39-28(3,4)5/h8,13-16,19H,2,7,9,11,17-18,20,29H2,1,3-6H3,(H,30,37)(H2,31,32,33,34). The molecule has 2 aromatic rings. The molecule has 0 aliphatic carbocycles. The minimum atomic E-state index is -0.611. The molecule has 0 aliphatic rings. The topological polar surface area (TPSA) is 138 Å². The molecule has 0 fully saturated rings. The average Bonchev–Trinajstić information content (AvgIpc) is 2.89. The lowest BCUT2D eigenvalue weighted by Gasteiger charge is -2.24. The minimum Gasteiger partial charge on any atom is -0.444 e. The summed E-state index contributed by atoms with van der Waals surface area (Å²) in [6, 6.07) is 7.48. The number of benzene rings is 1. The molecule has 2 rings (SSSR count). The minimum absolute atomic E-state index is 0.0742. The Morgan fingerprint density at radius 2 is 1.92 bits per heavy atom. The molecule has 0 saturated carbocycles. The normalized spacial score (nSPS) is 10.5. The maximum Gasteiger partial charge on any atom is 0.410 e. The van der Waals surface area contributed by atoms with E-state index in [0.717, 1.165) is 24.3 Å². The summed E-state index contributed by atoms with van der Waals surface area (Å²) in [6.45, 7) is 12.2. The molecule has 1 aromatic heterocycles. The molecule has 0 unspecified atom stereocenters. The highest BCUT2D eigenvalue weighted by molar-refractivity contribution is 5.82. The van der Waals surface area contributed by atoms with E-state index in [1.54, 1.807) is 27.0 Å². The molecule has 39 heavy (non-hydrogen) atoms. The van der Waals surface area contributed by atoms with Gasteiger partial charge >= 0.3 is 6.09 Å². The van der Waals surface area contributed by atoms with Crippen molar-refractivity contribution in [2.45, 2.75) is 52.6 Å². The lowest BCUT2D eigenvalue weighted by molar-refractivity contribution is -0.122. The molecule has 1 heterocycles. The molecule has 1 aromatic carbocycles. The Balaban J connectivity index is 1.89. The van der Waals surface area contributed by atoms with Crippen LogP contribution in [0.3, 0.4) is 0 Å². The van der Waals surface area contributed by atoms with Crippen LogP contribution in [0.25, 0.3) is 0 Å². The molecule has 210 valence electrons. The summed E-state index contributed by atoms with van der Waals surface area (Å²) in [5, 5.41) is 10.7. The highest BCUT2D eigenvalue weighted by Crippen LogP contribution is 2.20. The van der Waals surface area contributed by atoms with Gasteiger partial charge in [-0.15, -0.1) is 0 Å². The Morgan fingerprint density at radius 3 is 2.56 bits per heavy atom. The molecule has 0 radical (unpaired) electrons. The van der Waals surface area contributed by atoms with Gasteiger partial charge in [0.05, 0.1) is 17.4 Å². The van der Waals surface area contributed by atoms with E-state index in [-0.39, 0.29) is 12.5 Å². The highest BCUT2D eigenvalue weighted by Gasteiger charge is 2.20. The van der Waals surface area contributed by atoms with Gasteiger partial charge < -0.3 is 25.6 Å². The second-order valence-corrected chi connectivity index (χ2v) is 9.74. The number of likely N-dealkylation sites (N-methyl/N-ethyl adjacent to an activating group) is 1. The van der Waals surface area contributed by atoms with Crippen LogP contribution in [-0.4, -0.2) is 59.2 Å². The fraction of sp³-hybridized carbons (Fsp3) is 0.429. The summed E-state index contributed by atoms with van der Waals surface area (Å²) in [5.41, 5.74) is 1.70. The van der Waals surface area contributed by atoms with E-state index in [1.165, 1.54) is 23.2 Å². The van der Waals surface area contributed by atoms with Gasteiger partial charge in [-0.3, -0.25) is 9.80 Å². The van der Waals surface area contributed by atoms with E-state index >= 15 is 0 Å². The van der Waals surface area contributed by atoms with E-state index in [0.29, 0.717) is 36.7 Å². The van der Waals surface area contributed by atoms with Crippen molar-refractivity contribution in [2.24, 2.45) is 5.84 Å². The molecule has 0 bridgehead atoms. The molecule has 0 aliphatic heterocycles. The number of carbonyl (C=O) groups excluding carboxylic acids is 2. The van der Waals surface area contributed by atoms with Gasteiger partial charge in [0.15, 0.2) is 0 Å². The first-order chi connectivity index (χ1) is 18.5. The Hall–Kier alpha value is -4.30. The fourth-order valence-electron chi connectivity index (χ4n) is 3.10. The van der Waals surface area contributed by atoms with Crippen LogP contribution in [0, 0.1) is 11.8 Å². The van der Waals surface area contributed by atoms with Crippen molar-refractivity contribution < 1.29 is 14.3 Å². The number of anilines is 4. The molecule has 2 amide bonds. The zero-order chi connectivity index (χ0) is 28.8. The molecule has 5 N–H and O–H groups in total. The summed E-state index contributed by atoms with van der Waals surface area (Å²) in [4.78, 5) is 34.3. The molecule has 11 nitrogen and oxygen atoms in total. The molecule has 0 atom stereocenters. The number of rotatable bonds is 12. The molecular formula is C28H40N8O3. The van der Waals surface area contributed by atoms with Crippen molar-refractivity contribution in [3.8, 4) is 11.8 Å². The third-order valence-corrected chi connectivity index (χ3v) is 5.06. The van der Waals surface area contributed by atoms with Gasteiger partial charge in [0.1, 0.15) is 18.0 Å². The van der Waals surface area contributed by atoms with Gasteiger partial charge in [-0.05, 0) is 57.9 Å². The van der Waals surface area contributed by atoms with E-state index in [2.05, 4.69) is 51.3 Å². The number of aromatic nitrogens is 2. The first-order valence-electron chi connectivity index (χ1n) is 12.9. The zero-order valence-electron chi connectivity index (χ0n) is 23.5. The predicted molar refractivity (Wildman–Crippen MR) is 155 cm³/mol. The smallest absolute Gasteiger partial charge is 0.410 e. The molecular weight excluding hydrogens is 496 g/mol. The van der Waals surface area contributed by atoms with Crippen LogP contribution < -0.4 is 26.8 Å². The second kappa shape index (κ2) is 15.2. The third-order valence-electron chi connectivity index (χ3n) is 5.06. The molecule has 0 spiro atoms. The maximum atomic E-state index is 12.1. The van der Waals surface area contributed by atoms with E-state index in [1.807, 2.05) is 24.3 Å². The van der Waals surface area contributed by atoms with Crippen LogP contribution in [0.2, 0.25) is 0 Å². The highest BCUT2D eigenvalue weighted by atomic mass is 16.6. The van der Waals surface area contributed by atoms with Gasteiger partial charge in [-0.25, -0.2) is 15.6 Å². The summed E-state index contributed by atoms with van der Waals surface area (Å²) in [7, 11) is 1.53. The largest absolute Gasteiger partial charge is 0.444 e. The molecule has 11 heteroatoms. The number of nitrogens with one attached hydrogen (secondary N) is 3. The van der Waals surface area contributed by atoms with Crippen LogP contribution in [0.5, 0.6) is 0 Å². The van der Waals surface area contributed by atoms with Crippen LogP contribution in [0.15, 0.2) is 43.2 Å². The van der Waals surface area contributed by atoms with Crippen molar-refractivity contribution in [3.63, 3.8) is 0 Å². The van der Waals surface area contributed by atoms with Crippen molar-refractivity contribution in [1.82, 2.24) is 20.2 Å². The van der Waals surface area contributed by atoms with Crippen LogP contribution in [-0.2, 0) is 9.53 Å². The van der Waals surface area contributed by atoms with Crippen molar-refractivity contribution in [3.05, 3.63) is 48.8 Å². The quantitative estimate of drug-likeness (QED) is 0.137. The number of nitrogens with zero attached hydrogens (tertiary/aromatic N) is 4. The Kier molecular flexibility index (Phi) is 12.0. The number of nitrogens with two attached hydrogens (primary N) is 1. The van der Waals surface area contributed by atoms with E-state index < -0.39 is 11.7 Å². The number of unbranched alkanes of at least 4 members (excludes halogenated alkanes) is 1. The Morgan fingerprint density at radius 1 is 1.21 bits per heavy atom.